The molecule has 2 aliphatic heterocycles. The van der Waals surface area contributed by atoms with Crippen LogP contribution in [0.3, 0.4) is 0 Å². The Morgan fingerprint density at radius 2 is 1.70 bits per heavy atom. The Hall–Kier alpha value is -3.35. The van der Waals surface area contributed by atoms with Crippen LogP contribution in [-0.2, 0) is 21.2 Å². The summed E-state index contributed by atoms with van der Waals surface area (Å²) in [6.07, 6.45) is 2.13. The van der Waals surface area contributed by atoms with Gasteiger partial charge in [0, 0.05) is 58.1 Å². The summed E-state index contributed by atoms with van der Waals surface area (Å²) >= 11 is 0. The lowest BCUT2D eigenvalue weighted by molar-refractivity contribution is -0.123. The van der Waals surface area contributed by atoms with Gasteiger partial charge in [-0.15, -0.1) is 0 Å². The molecule has 2 aliphatic rings. The van der Waals surface area contributed by atoms with Crippen LogP contribution in [0.15, 0.2) is 53.4 Å². The molecule has 242 valence electrons. The number of nitrogens with one attached hydrogen (secondary N) is 2. The van der Waals surface area contributed by atoms with Gasteiger partial charge in [0.05, 0.1) is 4.90 Å². The van der Waals surface area contributed by atoms with Gasteiger partial charge >= 0.3 is 6.03 Å². The van der Waals surface area contributed by atoms with Gasteiger partial charge in [0.15, 0.2) is 11.5 Å². The van der Waals surface area contributed by atoms with E-state index in [0.717, 1.165) is 35.8 Å². The molecule has 4 rings (SSSR count). The molecule has 0 aromatic heterocycles. The van der Waals surface area contributed by atoms with Gasteiger partial charge < -0.3 is 30.1 Å². The number of hydrogen-bond donors (Lipinski definition) is 3. The van der Waals surface area contributed by atoms with Crippen molar-refractivity contribution in [2.75, 3.05) is 39.5 Å². The fourth-order valence-electron chi connectivity index (χ4n) is 5.52. The minimum Gasteiger partial charge on any atom is -0.454 e. The van der Waals surface area contributed by atoms with Crippen molar-refractivity contribution in [3.05, 3.63) is 54.1 Å². The molecule has 1 unspecified atom stereocenters. The predicted molar refractivity (Wildman–Crippen MR) is 167 cm³/mol. The molecule has 44 heavy (non-hydrogen) atoms. The van der Waals surface area contributed by atoms with Gasteiger partial charge in [-0.2, -0.15) is 4.31 Å². The van der Waals surface area contributed by atoms with Crippen molar-refractivity contribution in [2.24, 2.45) is 11.3 Å². The fourth-order valence-corrected chi connectivity index (χ4v) is 7.37. The van der Waals surface area contributed by atoms with Crippen molar-refractivity contribution in [3.8, 4) is 11.5 Å². The van der Waals surface area contributed by atoms with E-state index in [-0.39, 0.29) is 61.9 Å². The number of amides is 3. The van der Waals surface area contributed by atoms with Crippen LogP contribution in [-0.4, -0.2) is 79.9 Å². The molecule has 3 amide bonds. The summed E-state index contributed by atoms with van der Waals surface area (Å²) in [4.78, 5) is 27.2. The number of benzene rings is 2. The van der Waals surface area contributed by atoms with Gasteiger partial charge in [-0.25, -0.2) is 13.2 Å². The molecule has 0 spiro atoms. The van der Waals surface area contributed by atoms with Crippen LogP contribution in [0.4, 0.5) is 4.79 Å². The summed E-state index contributed by atoms with van der Waals surface area (Å²) in [6.45, 7) is 9.53. The van der Waals surface area contributed by atoms with Crippen molar-refractivity contribution in [3.63, 3.8) is 0 Å². The molecule has 2 heterocycles. The molecular weight excluding hydrogens is 584 g/mol. The van der Waals surface area contributed by atoms with Gasteiger partial charge in [-0.1, -0.05) is 58.0 Å². The second kappa shape index (κ2) is 14.2. The van der Waals surface area contributed by atoms with Crippen molar-refractivity contribution >= 4 is 22.0 Å². The van der Waals surface area contributed by atoms with Crippen LogP contribution < -0.4 is 20.1 Å². The van der Waals surface area contributed by atoms with Gasteiger partial charge in [-0.3, -0.25) is 4.79 Å². The average Bonchev–Trinajstić information content (AvgIpc) is 3.67. The Morgan fingerprint density at radius 3 is 2.39 bits per heavy atom. The van der Waals surface area contributed by atoms with E-state index in [1.807, 2.05) is 58.0 Å². The third-order valence-corrected chi connectivity index (χ3v) is 9.77. The highest BCUT2D eigenvalue weighted by atomic mass is 32.2. The number of rotatable bonds is 14. The van der Waals surface area contributed by atoms with Crippen molar-refractivity contribution in [1.82, 2.24) is 19.8 Å². The van der Waals surface area contributed by atoms with Crippen LogP contribution >= 0.6 is 0 Å². The zero-order valence-corrected chi connectivity index (χ0v) is 27.0. The maximum Gasteiger partial charge on any atom is 0.317 e. The van der Waals surface area contributed by atoms with E-state index < -0.39 is 21.2 Å². The van der Waals surface area contributed by atoms with Gasteiger partial charge in [0.1, 0.15) is 5.72 Å². The monoisotopic (exact) mass is 630 g/mol. The molecule has 3 N–H and O–H groups in total. The largest absolute Gasteiger partial charge is 0.454 e. The highest BCUT2D eigenvalue weighted by Crippen LogP contribution is 2.37. The number of sulfonamides is 1. The molecule has 1 atom stereocenters. The number of likely N-dealkylation sites (tertiary alicyclic amines) is 1. The van der Waals surface area contributed by atoms with Crippen LogP contribution in [0.2, 0.25) is 0 Å². The second-order valence-corrected chi connectivity index (χ2v) is 14.7. The highest BCUT2D eigenvalue weighted by Gasteiger charge is 2.43. The Morgan fingerprint density at radius 1 is 1.02 bits per heavy atom. The number of ether oxygens (including phenoxy) is 2. The molecule has 1 saturated heterocycles. The van der Waals surface area contributed by atoms with Crippen LogP contribution in [0, 0.1) is 11.3 Å². The van der Waals surface area contributed by atoms with Crippen molar-refractivity contribution in [1.29, 1.82) is 0 Å². The van der Waals surface area contributed by atoms with E-state index >= 15 is 0 Å². The minimum absolute atomic E-state index is 0.00774. The topological polar surface area (TPSA) is 138 Å². The SMILES string of the molecule is CC(C)CN(C(O)(CCNC(=O)CC(C)(C)CNC(=O)N1CCCC1)Cc1ccccc1)S(=O)(=O)c1ccc2c(c1)OCO2. The third kappa shape index (κ3) is 8.64. The Bertz CT molecular complexity index is 1390. The van der Waals surface area contributed by atoms with Gasteiger partial charge in [0.2, 0.25) is 22.7 Å². The summed E-state index contributed by atoms with van der Waals surface area (Å²) in [5, 5.41) is 18.1. The summed E-state index contributed by atoms with van der Waals surface area (Å²) in [5.74, 6) is 0.433. The molecule has 0 aliphatic carbocycles. The minimum atomic E-state index is -4.21. The van der Waals surface area contributed by atoms with E-state index in [4.69, 9.17) is 9.47 Å². The molecule has 11 nitrogen and oxygen atoms in total. The molecule has 0 bridgehead atoms. The molecule has 12 heteroatoms. The van der Waals surface area contributed by atoms with E-state index in [1.165, 1.54) is 12.1 Å². The Balaban J connectivity index is 1.49. The Labute approximate surface area is 261 Å². The zero-order valence-electron chi connectivity index (χ0n) is 26.2. The first-order valence-corrected chi connectivity index (χ1v) is 16.7. The number of aliphatic hydroxyl groups is 1. The van der Waals surface area contributed by atoms with E-state index in [2.05, 4.69) is 10.6 Å². The number of hydrogen-bond acceptors (Lipinski definition) is 7. The third-order valence-electron chi connectivity index (χ3n) is 7.86. The fraction of sp³-hybridized carbons (Fsp3) is 0.562. The van der Waals surface area contributed by atoms with E-state index in [0.29, 0.717) is 18.0 Å². The lowest BCUT2D eigenvalue weighted by atomic mass is 9.89. The molecule has 0 radical (unpaired) electrons. The number of nitrogens with zero attached hydrogens (tertiary/aromatic N) is 2. The average molecular weight is 631 g/mol. The number of urea groups is 1. The maximum atomic E-state index is 14.2. The quantitative estimate of drug-likeness (QED) is 0.271. The first kappa shape index (κ1) is 33.5. The summed E-state index contributed by atoms with van der Waals surface area (Å²) in [5.41, 5.74) is -1.61. The van der Waals surface area contributed by atoms with Crippen molar-refractivity contribution < 1.29 is 32.6 Å². The molecule has 2 aromatic carbocycles. The zero-order chi connectivity index (χ0) is 32.0. The second-order valence-electron chi connectivity index (χ2n) is 12.9. The molecule has 1 fully saturated rings. The highest BCUT2D eigenvalue weighted by molar-refractivity contribution is 7.89. The maximum absolute atomic E-state index is 14.2. The molecule has 2 aromatic rings. The molecule has 0 saturated carbocycles. The standard InChI is InChI=1S/C32H46N4O7S/c1-24(2)21-36(44(40,41)26-12-13-27-28(18-26)43-23-42-27)32(39,19-25-10-6-5-7-11-25)14-15-33-29(37)20-31(3,4)22-34-30(38)35-16-8-9-17-35/h5-7,10-13,18,24,39H,8-9,14-17,19-23H2,1-4H3,(H,33,37)(H,34,38). The Kier molecular flexibility index (Phi) is 10.8. The number of fused-ring (bicyclic) bond motifs is 1. The van der Waals surface area contributed by atoms with Gasteiger partial charge in [0.25, 0.3) is 0 Å². The lowest BCUT2D eigenvalue weighted by Gasteiger charge is -2.40. The van der Waals surface area contributed by atoms with Gasteiger partial charge in [-0.05, 0) is 41.9 Å². The first-order chi connectivity index (χ1) is 20.8. The van der Waals surface area contributed by atoms with Crippen LogP contribution in [0.25, 0.3) is 0 Å². The van der Waals surface area contributed by atoms with E-state index in [1.54, 1.807) is 11.0 Å². The summed E-state index contributed by atoms with van der Waals surface area (Å²) in [6, 6.07) is 13.5. The number of carbonyl (C=O) groups excluding carboxylic acids is 2. The van der Waals surface area contributed by atoms with Crippen LogP contribution in [0.1, 0.15) is 58.9 Å². The van der Waals surface area contributed by atoms with Crippen molar-refractivity contribution in [2.45, 2.75) is 70.4 Å². The summed E-state index contributed by atoms with van der Waals surface area (Å²) < 4.78 is 40.2. The first-order valence-electron chi connectivity index (χ1n) is 15.3. The number of carbonyl (C=O) groups is 2. The lowest BCUT2D eigenvalue weighted by Crippen LogP contribution is -2.56. The van der Waals surface area contributed by atoms with E-state index in [9.17, 15) is 23.1 Å². The van der Waals surface area contributed by atoms with Crippen LogP contribution in [0.5, 0.6) is 11.5 Å². The summed E-state index contributed by atoms with van der Waals surface area (Å²) in [7, 11) is -4.21. The smallest absolute Gasteiger partial charge is 0.317 e. The predicted octanol–water partition coefficient (Wildman–Crippen LogP) is 3.72. The normalized spacial score (nSPS) is 16.3. The molecular formula is C32H46N4O7S.